The molecule has 0 aliphatic carbocycles. The largest absolute Gasteiger partial charge is 0.497 e. The Hall–Kier alpha value is -4.66. The van der Waals surface area contributed by atoms with E-state index in [0.717, 1.165) is 39.3 Å². The summed E-state index contributed by atoms with van der Waals surface area (Å²) < 4.78 is 22.4. The first-order chi connectivity index (χ1) is 20.9. The average Bonchev–Trinajstić information content (AvgIpc) is 3.07. The van der Waals surface area contributed by atoms with Crippen molar-refractivity contribution < 1.29 is 33.6 Å². The number of carbonyl (C=O) groups excluding carboxylic acids is 2. The normalized spacial score (nSPS) is 11.1. The summed E-state index contributed by atoms with van der Waals surface area (Å²) in [5.74, 6) is 0.760. The fourth-order valence-electron chi connectivity index (χ4n) is 4.99. The molecule has 0 aliphatic rings. The van der Waals surface area contributed by atoms with Crippen LogP contribution in [0.1, 0.15) is 46.2 Å². The third-order valence-corrected chi connectivity index (χ3v) is 7.20. The number of rotatable bonds is 14. The van der Waals surface area contributed by atoms with Gasteiger partial charge in [0.05, 0.1) is 41.0 Å². The molecule has 224 valence electrons. The van der Waals surface area contributed by atoms with Gasteiger partial charge in [-0.2, -0.15) is 0 Å². The van der Waals surface area contributed by atoms with Gasteiger partial charge in [0.25, 0.3) is 0 Å². The molecule has 4 rings (SSSR count). The predicted molar refractivity (Wildman–Crippen MR) is 163 cm³/mol. The van der Waals surface area contributed by atoms with Crippen molar-refractivity contribution in [1.29, 1.82) is 0 Å². The molecular formula is C35H37NO7. The zero-order chi connectivity index (χ0) is 30.7. The van der Waals surface area contributed by atoms with E-state index in [1.54, 1.807) is 14.2 Å². The van der Waals surface area contributed by atoms with E-state index in [1.165, 1.54) is 7.11 Å². The van der Waals surface area contributed by atoms with E-state index in [-0.39, 0.29) is 38.5 Å². The molecule has 0 saturated carbocycles. The van der Waals surface area contributed by atoms with Gasteiger partial charge >= 0.3 is 5.97 Å². The van der Waals surface area contributed by atoms with Gasteiger partial charge in [0.1, 0.15) is 17.1 Å². The Morgan fingerprint density at radius 1 is 0.698 bits per heavy atom. The molecule has 0 saturated heterocycles. The van der Waals surface area contributed by atoms with Gasteiger partial charge in [-0.05, 0) is 57.6 Å². The summed E-state index contributed by atoms with van der Waals surface area (Å²) >= 11 is 0. The Labute approximate surface area is 252 Å². The molecule has 2 N–H and O–H groups in total. The number of methoxy groups -OCH3 is 3. The van der Waals surface area contributed by atoms with E-state index in [9.17, 15) is 14.7 Å². The SMILES string of the molecule is COC(=O)CCC(=O)NCc1cc(CO)cc(COC(c2ccccc2)(c2ccc(OC)cc2)c2ccc(OC)cc2)c1. The standard InChI is InChI=1S/C35H37NO7/c1-40-31-13-9-29(10-14-31)35(28-7-5-4-6-8-28,30-11-15-32(41-2)16-12-30)43-24-27-20-25(19-26(21-27)23-37)22-36-33(38)17-18-34(39)42-3/h4-16,19-21,37H,17-18,22-24H2,1-3H3,(H,36,38). The van der Waals surface area contributed by atoms with Gasteiger partial charge in [-0.15, -0.1) is 0 Å². The van der Waals surface area contributed by atoms with Crippen molar-refractivity contribution in [3.8, 4) is 11.5 Å². The van der Waals surface area contributed by atoms with Gasteiger partial charge in [-0.25, -0.2) is 0 Å². The van der Waals surface area contributed by atoms with Crippen molar-refractivity contribution in [1.82, 2.24) is 5.32 Å². The highest BCUT2D eigenvalue weighted by Gasteiger charge is 2.38. The smallest absolute Gasteiger partial charge is 0.306 e. The van der Waals surface area contributed by atoms with Crippen LogP contribution >= 0.6 is 0 Å². The highest BCUT2D eigenvalue weighted by Crippen LogP contribution is 2.42. The number of amides is 1. The number of benzene rings is 4. The number of aliphatic hydroxyl groups excluding tert-OH is 1. The van der Waals surface area contributed by atoms with Crippen LogP contribution in [0.2, 0.25) is 0 Å². The third kappa shape index (κ3) is 7.80. The lowest BCUT2D eigenvalue weighted by Gasteiger charge is -2.36. The van der Waals surface area contributed by atoms with E-state index in [0.29, 0.717) is 5.56 Å². The van der Waals surface area contributed by atoms with Gasteiger partial charge in [-0.1, -0.05) is 72.8 Å². The van der Waals surface area contributed by atoms with Crippen LogP contribution in [-0.4, -0.2) is 38.3 Å². The molecule has 0 unspecified atom stereocenters. The second-order valence-electron chi connectivity index (χ2n) is 9.96. The number of hydrogen-bond donors (Lipinski definition) is 2. The fourth-order valence-corrected chi connectivity index (χ4v) is 4.99. The molecule has 0 atom stereocenters. The fraction of sp³-hybridized carbons (Fsp3) is 0.257. The number of nitrogens with one attached hydrogen (secondary N) is 1. The number of ether oxygens (including phenoxy) is 4. The zero-order valence-corrected chi connectivity index (χ0v) is 24.7. The quantitative estimate of drug-likeness (QED) is 0.154. The first kappa shape index (κ1) is 31.3. The molecule has 4 aromatic rings. The van der Waals surface area contributed by atoms with Crippen molar-refractivity contribution in [2.24, 2.45) is 0 Å². The van der Waals surface area contributed by atoms with Crippen LogP contribution in [-0.2, 0) is 44.4 Å². The van der Waals surface area contributed by atoms with Crippen molar-refractivity contribution in [2.45, 2.75) is 38.2 Å². The summed E-state index contributed by atoms with van der Waals surface area (Å²) in [6.07, 6.45) is 0.0437. The van der Waals surface area contributed by atoms with Gasteiger partial charge in [0.2, 0.25) is 5.91 Å². The molecule has 0 aliphatic heterocycles. The van der Waals surface area contributed by atoms with Crippen molar-refractivity contribution >= 4 is 11.9 Å². The summed E-state index contributed by atoms with van der Waals surface area (Å²) in [6, 6.07) is 31.3. The molecule has 0 radical (unpaired) electrons. The van der Waals surface area contributed by atoms with Crippen LogP contribution in [0.15, 0.2) is 97.1 Å². The maximum Gasteiger partial charge on any atom is 0.306 e. The minimum Gasteiger partial charge on any atom is -0.497 e. The molecular weight excluding hydrogens is 546 g/mol. The molecule has 8 heteroatoms. The number of aliphatic hydroxyl groups is 1. The summed E-state index contributed by atoms with van der Waals surface area (Å²) in [4.78, 5) is 23.7. The van der Waals surface area contributed by atoms with E-state index in [2.05, 4.69) is 10.1 Å². The molecule has 0 heterocycles. The number of hydrogen-bond acceptors (Lipinski definition) is 7. The Balaban J connectivity index is 1.70. The maximum absolute atomic E-state index is 12.3. The minimum atomic E-state index is -1.00. The third-order valence-electron chi connectivity index (χ3n) is 7.20. The monoisotopic (exact) mass is 583 g/mol. The second-order valence-corrected chi connectivity index (χ2v) is 9.96. The first-order valence-electron chi connectivity index (χ1n) is 14.0. The van der Waals surface area contributed by atoms with Crippen molar-refractivity contribution in [2.75, 3.05) is 21.3 Å². The highest BCUT2D eigenvalue weighted by atomic mass is 16.5. The van der Waals surface area contributed by atoms with Crippen LogP contribution in [0.25, 0.3) is 0 Å². The summed E-state index contributed by atoms with van der Waals surface area (Å²) in [5.41, 5.74) is 4.06. The van der Waals surface area contributed by atoms with Crippen molar-refractivity contribution in [3.05, 3.63) is 130 Å². The van der Waals surface area contributed by atoms with Gasteiger partial charge in [0.15, 0.2) is 0 Å². The summed E-state index contributed by atoms with van der Waals surface area (Å²) in [7, 11) is 4.55. The van der Waals surface area contributed by atoms with Crippen molar-refractivity contribution in [3.63, 3.8) is 0 Å². The number of esters is 1. The van der Waals surface area contributed by atoms with Gasteiger partial charge in [-0.3, -0.25) is 9.59 Å². The van der Waals surface area contributed by atoms with Crippen LogP contribution in [0, 0.1) is 0 Å². The lowest BCUT2D eigenvalue weighted by molar-refractivity contribution is -0.142. The topological polar surface area (TPSA) is 103 Å². The summed E-state index contributed by atoms with van der Waals surface area (Å²) in [6.45, 7) is 0.267. The van der Waals surface area contributed by atoms with Crippen LogP contribution in [0.3, 0.4) is 0 Å². The molecule has 8 nitrogen and oxygen atoms in total. The van der Waals surface area contributed by atoms with E-state index < -0.39 is 11.6 Å². The molecule has 0 bridgehead atoms. The van der Waals surface area contributed by atoms with Crippen LogP contribution in [0.5, 0.6) is 11.5 Å². The van der Waals surface area contributed by atoms with Crippen LogP contribution in [0.4, 0.5) is 0 Å². The predicted octanol–water partition coefficient (Wildman–Crippen LogP) is 5.27. The van der Waals surface area contributed by atoms with E-state index in [1.807, 2.05) is 97.1 Å². The van der Waals surface area contributed by atoms with Gasteiger partial charge < -0.3 is 29.4 Å². The Bertz CT molecular complexity index is 1440. The maximum atomic E-state index is 12.3. The zero-order valence-electron chi connectivity index (χ0n) is 24.7. The highest BCUT2D eigenvalue weighted by molar-refractivity contribution is 5.81. The molecule has 43 heavy (non-hydrogen) atoms. The average molecular weight is 584 g/mol. The summed E-state index contributed by atoms with van der Waals surface area (Å²) in [5, 5.41) is 12.8. The molecule has 4 aromatic carbocycles. The number of carbonyl (C=O) groups is 2. The first-order valence-corrected chi connectivity index (χ1v) is 14.0. The molecule has 0 spiro atoms. The Kier molecular flexibility index (Phi) is 10.9. The van der Waals surface area contributed by atoms with Gasteiger partial charge in [0, 0.05) is 13.0 Å². The Morgan fingerprint density at radius 2 is 1.23 bits per heavy atom. The molecule has 1 amide bonds. The minimum absolute atomic E-state index is 0.0103. The lowest BCUT2D eigenvalue weighted by atomic mass is 9.80. The van der Waals surface area contributed by atoms with E-state index in [4.69, 9.17) is 14.2 Å². The Morgan fingerprint density at radius 3 is 1.77 bits per heavy atom. The molecule has 0 aromatic heterocycles. The van der Waals surface area contributed by atoms with Crippen LogP contribution < -0.4 is 14.8 Å². The lowest BCUT2D eigenvalue weighted by Crippen LogP contribution is -2.33. The molecule has 0 fully saturated rings. The van der Waals surface area contributed by atoms with E-state index >= 15 is 0 Å². The second kappa shape index (κ2) is 15.0.